The Labute approximate surface area is 141 Å². The van der Waals surface area contributed by atoms with Crippen LogP contribution < -0.4 is 5.32 Å². The van der Waals surface area contributed by atoms with E-state index in [2.05, 4.69) is 17.3 Å². The van der Waals surface area contributed by atoms with Gasteiger partial charge in [0.15, 0.2) is 0 Å². The second-order valence-electron chi connectivity index (χ2n) is 5.68. The second-order valence-corrected chi connectivity index (χ2v) is 6.08. The highest BCUT2D eigenvalue weighted by Gasteiger charge is 2.19. The van der Waals surface area contributed by atoms with E-state index < -0.39 is 0 Å². The van der Waals surface area contributed by atoms with Crippen LogP contribution in [0.2, 0.25) is 5.02 Å². The van der Waals surface area contributed by atoms with E-state index >= 15 is 0 Å². The van der Waals surface area contributed by atoms with Gasteiger partial charge in [0.25, 0.3) is 5.91 Å². The van der Waals surface area contributed by atoms with E-state index in [9.17, 15) is 4.79 Å². The Hall–Kier alpha value is -1.88. The maximum Gasteiger partial charge on any atom is 0.257 e. The van der Waals surface area contributed by atoms with Gasteiger partial charge in [0.05, 0.1) is 23.3 Å². The molecular formula is C18H19ClN2O2. The van der Waals surface area contributed by atoms with Crippen LogP contribution >= 0.6 is 11.6 Å². The van der Waals surface area contributed by atoms with Crippen molar-refractivity contribution in [2.24, 2.45) is 0 Å². The highest BCUT2D eigenvalue weighted by molar-refractivity contribution is 6.34. The van der Waals surface area contributed by atoms with Crippen LogP contribution in [0.5, 0.6) is 0 Å². The van der Waals surface area contributed by atoms with Crippen LogP contribution in [0.15, 0.2) is 48.5 Å². The number of carbonyl (C=O) groups is 1. The Kier molecular flexibility index (Phi) is 4.96. The number of hydrogen-bond acceptors (Lipinski definition) is 3. The van der Waals surface area contributed by atoms with Crippen molar-refractivity contribution < 1.29 is 9.53 Å². The highest BCUT2D eigenvalue weighted by Crippen LogP contribution is 2.23. The van der Waals surface area contributed by atoms with Gasteiger partial charge < -0.3 is 15.0 Å². The molecule has 0 aromatic heterocycles. The summed E-state index contributed by atoms with van der Waals surface area (Å²) in [6.45, 7) is 2.58. The fraction of sp³-hybridized carbons (Fsp3) is 0.278. The molecule has 3 rings (SSSR count). The number of anilines is 1. The van der Waals surface area contributed by atoms with Gasteiger partial charge in [0.1, 0.15) is 0 Å². The van der Waals surface area contributed by atoms with E-state index in [1.54, 1.807) is 24.3 Å². The molecule has 1 saturated heterocycles. The van der Waals surface area contributed by atoms with Crippen LogP contribution in [0, 0.1) is 0 Å². The summed E-state index contributed by atoms with van der Waals surface area (Å²) >= 11 is 6.04. The van der Waals surface area contributed by atoms with E-state index in [0.717, 1.165) is 30.9 Å². The van der Waals surface area contributed by atoms with E-state index in [1.165, 1.54) is 0 Å². The molecule has 1 fully saturated rings. The third kappa shape index (κ3) is 3.91. The van der Waals surface area contributed by atoms with E-state index in [4.69, 9.17) is 16.3 Å². The molecule has 1 heterocycles. The predicted molar refractivity (Wildman–Crippen MR) is 92.0 cm³/mol. The average molecular weight is 331 g/mol. The lowest BCUT2D eigenvalue weighted by molar-refractivity contribution is -0.0208. The van der Waals surface area contributed by atoms with E-state index in [-0.39, 0.29) is 12.0 Å². The normalized spacial score (nSPS) is 18.6. The molecule has 1 amide bonds. The van der Waals surface area contributed by atoms with Crippen LogP contribution in [0.3, 0.4) is 0 Å². The molecule has 5 heteroatoms. The number of nitrogens with zero attached hydrogens (tertiary/aromatic N) is 1. The lowest BCUT2D eigenvalue weighted by atomic mass is 10.1. The molecular weight excluding hydrogens is 312 g/mol. The largest absolute Gasteiger partial charge is 0.371 e. The van der Waals surface area contributed by atoms with Gasteiger partial charge in [-0.2, -0.15) is 0 Å². The van der Waals surface area contributed by atoms with Gasteiger partial charge in [-0.3, -0.25) is 4.79 Å². The molecule has 0 radical (unpaired) electrons. The summed E-state index contributed by atoms with van der Waals surface area (Å²) in [6.07, 6.45) is 0.0852. The van der Waals surface area contributed by atoms with Crippen molar-refractivity contribution >= 4 is 23.2 Å². The van der Waals surface area contributed by atoms with Crippen LogP contribution in [-0.4, -0.2) is 37.6 Å². The number of halogens is 1. The van der Waals surface area contributed by atoms with Crippen molar-refractivity contribution in [3.63, 3.8) is 0 Å². The number of hydrogen-bond donors (Lipinski definition) is 1. The number of nitrogens with one attached hydrogen (secondary N) is 1. The third-order valence-electron chi connectivity index (χ3n) is 3.93. The molecule has 0 aliphatic carbocycles. The first-order valence-electron chi connectivity index (χ1n) is 7.59. The quantitative estimate of drug-likeness (QED) is 0.935. The molecule has 0 saturated carbocycles. The summed E-state index contributed by atoms with van der Waals surface area (Å²) in [5.41, 5.74) is 2.32. The summed E-state index contributed by atoms with van der Waals surface area (Å²) in [5, 5.41) is 3.31. The van der Waals surface area contributed by atoms with Gasteiger partial charge in [0.2, 0.25) is 0 Å². The number of morpholine rings is 1. The van der Waals surface area contributed by atoms with Crippen molar-refractivity contribution in [3.05, 3.63) is 64.7 Å². The summed E-state index contributed by atoms with van der Waals surface area (Å²) in [5.74, 6) is -0.211. The molecule has 4 nitrogen and oxygen atoms in total. The lowest BCUT2D eigenvalue weighted by Crippen LogP contribution is -2.35. The standard InChI is InChI=1S/C18H19ClN2O2/c1-21-10-11-23-17(12-21)13-6-8-14(9-7-13)20-18(22)15-4-2-3-5-16(15)19/h2-9,17H,10-12H2,1H3,(H,20,22). The fourth-order valence-electron chi connectivity index (χ4n) is 2.60. The number of amides is 1. The maximum absolute atomic E-state index is 12.2. The molecule has 1 N–H and O–H groups in total. The number of likely N-dealkylation sites (N-methyl/N-ethyl adjacent to an activating group) is 1. The van der Waals surface area contributed by atoms with Crippen LogP contribution in [0.25, 0.3) is 0 Å². The molecule has 0 spiro atoms. The van der Waals surface area contributed by atoms with Crippen LogP contribution in [-0.2, 0) is 4.74 Å². The molecule has 1 aliphatic rings. The Balaban J connectivity index is 1.68. The first kappa shape index (κ1) is 16.0. The molecule has 120 valence electrons. The number of ether oxygens (including phenoxy) is 1. The summed E-state index contributed by atoms with van der Waals surface area (Å²) < 4.78 is 5.79. The Bertz CT molecular complexity index is 688. The van der Waals surface area contributed by atoms with Crippen molar-refractivity contribution in [2.45, 2.75) is 6.10 Å². The van der Waals surface area contributed by atoms with Gasteiger partial charge >= 0.3 is 0 Å². The predicted octanol–water partition coefficient (Wildman–Crippen LogP) is 3.60. The molecule has 1 unspecified atom stereocenters. The topological polar surface area (TPSA) is 41.6 Å². The molecule has 2 aromatic rings. The van der Waals surface area contributed by atoms with Crippen molar-refractivity contribution in [1.82, 2.24) is 4.90 Å². The smallest absolute Gasteiger partial charge is 0.257 e. The van der Waals surface area contributed by atoms with Crippen LogP contribution in [0.4, 0.5) is 5.69 Å². The van der Waals surface area contributed by atoms with Crippen molar-refractivity contribution in [1.29, 1.82) is 0 Å². The zero-order valence-electron chi connectivity index (χ0n) is 13.0. The van der Waals surface area contributed by atoms with Gasteiger partial charge in [-0.05, 0) is 36.9 Å². The minimum absolute atomic E-state index is 0.0852. The first-order valence-corrected chi connectivity index (χ1v) is 7.97. The summed E-state index contributed by atoms with van der Waals surface area (Å²) in [7, 11) is 2.09. The zero-order chi connectivity index (χ0) is 16.2. The minimum Gasteiger partial charge on any atom is -0.371 e. The Morgan fingerprint density at radius 2 is 1.96 bits per heavy atom. The molecule has 2 aromatic carbocycles. The molecule has 1 aliphatic heterocycles. The number of benzene rings is 2. The van der Waals surface area contributed by atoms with Crippen molar-refractivity contribution in [2.75, 3.05) is 32.1 Å². The average Bonchev–Trinajstić information content (AvgIpc) is 2.56. The fourth-order valence-corrected chi connectivity index (χ4v) is 2.83. The SMILES string of the molecule is CN1CCOC(c2ccc(NC(=O)c3ccccc3Cl)cc2)C1. The number of carbonyl (C=O) groups excluding carboxylic acids is 1. The van der Waals surface area contributed by atoms with Gasteiger partial charge in [0, 0.05) is 18.8 Å². The minimum atomic E-state index is -0.211. The van der Waals surface area contributed by atoms with Gasteiger partial charge in [-0.15, -0.1) is 0 Å². The van der Waals surface area contributed by atoms with E-state index in [1.807, 2.05) is 24.3 Å². The maximum atomic E-state index is 12.2. The lowest BCUT2D eigenvalue weighted by Gasteiger charge is -2.30. The molecule has 23 heavy (non-hydrogen) atoms. The van der Waals surface area contributed by atoms with Crippen molar-refractivity contribution in [3.8, 4) is 0 Å². The number of rotatable bonds is 3. The van der Waals surface area contributed by atoms with Gasteiger partial charge in [-0.1, -0.05) is 35.9 Å². The first-order chi connectivity index (χ1) is 11.1. The Morgan fingerprint density at radius 3 is 2.65 bits per heavy atom. The molecule has 1 atom stereocenters. The monoisotopic (exact) mass is 330 g/mol. The van der Waals surface area contributed by atoms with E-state index in [0.29, 0.717) is 10.6 Å². The summed E-state index contributed by atoms with van der Waals surface area (Å²) in [4.78, 5) is 14.5. The summed E-state index contributed by atoms with van der Waals surface area (Å²) in [6, 6.07) is 14.8. The molecule has 0 bridgehead atoms. The van der Waals surface area contributed by atoms with Crippen LogP contribution in [0.1, 0.15) is 22.0 Å². The van der Waals surface area contributed by atoms with Gasteiger partial charge in [-0.25, -0.2) is 0 Å². The Morgan fingerprint density at radius 1 is 1.22 bits per heavy atom. The third-order valence-corrected chi connectivity index (χ3v) is 4.26. The highest BCUT2D eigenvalue weighted by atomic mass is 35.5. The second kappa shape index (κ2) is 7.13. The zero-order valence-corrected chi connectivity index (χ0v) is 13.7.